The molecule has 2 aromatic rings. The highest BCUT2D eigenvalue weighted by atomic mass is 32.2. The first-order chi connectivity index (χ1) is 11.3. The molecule has 0 aliphatic heterocycles. The Kier molecular flexibility index (Phi) is 5.35. The normalized spacial score (nSPS) is 12.4. The molecule has 6 nitrogen and oxygen atoms in total. The lowest BCUT2D eigenvalue weighted by molar-refractivity contribution is -0.137. The molecule has 0 saturated carbocycles. The number of aliphatic carboxylic acids is 1. The van der Waals surface area contributed by atoms with Gasteiger partial charge >= 0.3 is 5.97 Å². The van der Waals surface area contributed by atoms with E-state index in [0.29, 0.717) is 5.56 Å². The predicted octanol–water partition coefficient (Wildman–Crippen LogP) is 2.04. The summed E-state index contributed by atoms with van der Waals surface area (Å²) < 4.78 is 23.6. The zero-order chi connectivity index (χ0) is 17.7. The molecule has 2 rings (SSSR count). The van der Waals surface area contributed by atoms with Gasteiger partial charge in [0.15, 0.2) is 9.84 Å². The average molecular weight is 347 g/mol. The maximum atomic E-state index is 12.5. The maximum absolute atomic E-state index is 12.5. The Bertz CT molecular complexity index is 846. The fourth-order valence-corrected chi connectivity index (χ4v) is 3.21. The Hall–Kier alpha value is -2.67. The van der Waals surface area contributed by atoms with Crippen LogP contribution in [0.1, 0.15) is 28.4 Å². The summed E-state index contributed by atoms with van der Waals surface area (Å²) in [5.74, 6) is -1.70. The Morgan fingerprint density at radius 2 is 1.62 bits per heavy atom. The largest absolute Gasteiger partial charge is 0.481 e. The van der Waals surface area contributed by atoms with Crippen molar-refractivity contribution in [2.75, 3.05) is 6.26 Å². The molecule has 0 unspecified atom stereocenters. The third-order valence-electron chi connectivity index (χ3n) is 3.42. The van der Waals surface area contributed by atoms with Gasteiger partial charge in [-0.25, -0.2) is 8.42 Å². The van der Waals surface area contributed by atoms with Crippen molar-refractivity contribution in [1.82, 2.24) is 5.32 Å². The standard InChI is InChI=1S/C17H17NO5S/c1-24(22,23)15-10-6-5-9-13(15)17(21)18-14(11-16(19)20)12-7-3-2-4-8-12/h2-10,14H,11H2,1H3,(H,18,21)(H,19,20)/t14-/m0/s1. The minimum atomic E-state index is -3.58. The van der Waals surface area contributed by atoms with Crippen LogP contribution in [-0.2, 0) is 14.6 Å². The second kappa shape index (κ2) is 7.27. The fraction of sp³-hybridized carbons (Fsp3) is 0.176. The van der Waals surface area contributed by atoms with E-state index in [-0.39, 0.29) is 16.9 Å². The highest BCUT2D eigenvalue weighted by Crippen LogP contribution is 2.20. The fourth-order valence-electron chi connectivity index (χ4n) is 2.33. The molecule has 0 aromatic heterocycles. The summed E-state index contributed by atoms with van der Waals surface area (Å²) in [6.07, 6.45) is 0.710. The summed E-state index contributed by atoms with van der Waals surface area (Å²) >= 11 is 0. The van der Waals surface area contributed by atoms with Gasteiger partial charge in [-0.15, -0.1) is 0 Å². The third kappa shape index (κ3) is 4.42. The number of carbonyl (C=O) groups is 2. The van der Waals surface area contributed by atoms with Crippen molar-refractivity contribution >= 4 is 21.7 Å². The number of sulfone groups is 1. The molecule has 2 aromatic carbocycles. The van der Waals surface area contributed by atoms with Gasteiger partial charge in [0.1, 0.15) is 0 Å². The van der Waals surface area contributed by atoms with Crippen LogP contribution in [0.2, 0.25) is 0 Å². The van der Waals surface area contributed by atoms with Crippen LogP contribution >= 0.6 is 0 Å². The summed E-state index contributed by atoms with van der Waals surface area (Å²) in [6, 6.07) is 13.7. The monoisotopic (exact) mass is 347 g/mol. The van der Waals surface area contributed by atoms with E-state index >= 15 is 0 Å². The molecule has 0 radical (unpaired) electrons. The molecular weight excluding hydrogens is 330 g/mol. The van der Waals surface area contributed by atoms with Gasteiger partial charge in [0.2, 0.25) is 0 Å². The Labute approximate surface area is 140 Å². The van der Waals surface area contributed by atoms with Gasteiger partial charge in [-0.1, -0.05) is 42.5 Å². The molecule has 0 aliphatic rings. The summed E-state index contributed by atoms with van der Waals surface area (Å²) in [7, 11) is -3.58. The van der Waals surface area contributed by atoms with Gasteiger partial charge in [0.25, 0.3) is 5.91 Å². The van der Waals surface area contributed by atoms with E-state index < -0.39 is 27.8 Å². The number of hydrogen-bond acceptors (Lipinski definition) is 4. The molecule has 1 atom stereocenters. The highest BCUT2D eigenvalue weighted by Gasteiger charge is 2.22. The predicted molar refractivity (Wildman–Crippen MR) is 88.5 cm³/mol. The number of carboxylic acids is 1. The minimum Gasteiger partial charge on any atom is -0.481 e. The molecule has 24 heavy (non-hydrogen) atoms. The Morgan fingerprint density at radius 1 is 1.04 bits per heavy atom. The van der Waals surface area contributed by atoms with Crippen LogP contribution in [0.5, 0.6) is 0 Å². The van der Waals surface area contributed by atoms with E-state index in [9.17, 15) is 18.0 Å². The van der Waals surface area contributed by atoms with Crippen LogP contribution in [0.15, 0.2) is 59.5 Å². The van der Waals surface area contributed by atoms with Crippen LogP contribution in [-0.4, -0.2) is 31.7 Å². The van der Waals surface area contributed by atoms with Crippen molar-refractivity contribution in [2.45, 2.75) is 17.4 Å². The molecule has 1 amide bonds. The first-order valence-corrected chi connectivity index (χ1v) is 9.05. The van der Waals surface area contributed by atoms with Crippen molar-refractivity contribution in [1.29, 1.82) is 0 Å². The molecule has 2 N–H and O–H groups in total. The van der Waals surface area contributed by atoms with Crippen LogP contribution in [0.25, 0.3) is 0 Å². The molecule has 126 valence electrons. The van der Waals surface area contributed by atoms with Crippen molar-refractivity contribution in [3.05, 3.63) is 65.7 Å². The van der Waals surface area contributed by atoms with Crippen molar-refractivity contribution in [3.8, 4) is 0 Å². The number of benzene rings is 2. The second-order valence-electron chi connectivity index (χ2n) is 5.30. The molecule has 0 bridgehead atoms. The summed E-state index contributed by atoms with van der Waals surface area (Å²) in [5.41, 5.74) is 0.622. The van der Waals surface area contributed by atoms with Gasteiger partial charge in [0, 0.05) is 6.26 Å². The summed E-state index contributed by atoms with van der Waals surface area (Å²) in [6.45, 7) is 0. The van der Waals surface area contributed by atoms with Gasteiger partial charge in [-0.3, -0.25) is 9.59 Å². The van der Waals surface area contributed by atoms with Gasteiger partial charge in [0.05, 0.1) is 22.9 Å². The molecular formula is C17H17NO5S. The molecule has 7 heteroatoms. The van der Waals surface area contributed by atoms with Crippen LogP contribution in [0.4, 0.5) is 0 Å². The minimum absolute atomic E-state index is 0.00804. The lowest BCUT2D eigenvalue weighted by Crippen LogP contribution is -2.31. The SMILES string of the molecule is CS(=O)(=O)c1ccccc1C(=O)N[C@@H](CC(=O)O)c1ccccc1. The maximum Gasteiger partial charge on any atom is 0.305 e. The highest BCUT2D eigenvalue weighted by molar-refractivity contribution is 7.90. The number of carboxylic acid groups (broad SMARTS) is 1. The van der Waals surface area contributed by atoms with Crippen molar-refractivity contribution < 1.29 is 23.1 Å². The third-order valence-corrected chi connectivity index (χ3v) is 4.57. The van der Waals surface area contributed by atoms with Gasteiger partial charge in [-0.2, -0.15) is 0 Å². The lowest BCUT2D eigenvalue weighted by atomic mass is 10.0. The smallest absolute Gasteiger partial charge is 0.305 e. The average Bonchev–Trinajstić information content (AvgIpc) is 2.54. The van der Waals surface area contributed by atoms with E-state index in [2.05, 4.69) is 5.32 Å². The summed E-state index contributed by atoms with van der Waals surface area (Å²) in [4.78, 5) is 23.5. The van der Waals surface area contributed by atoms with Gasteiger partial charge < -0.3 is 10.4 Å². The lowest BCUT2D eigenvalue weighted by Gasteiger charge is -2.18. The second-order valence-corrected chi connectivity index (χ2v) is 7.29. The zero-order valence-electron chi connectivity index (χ0n) is 13.0. The van der Waals surface area contributed by atoms with Crippen LogP contribution in [0.3, 0.4) is 0 Å². The molecule has 0 heterocycles. The first kappa shape index (κ1) is 17.7. The van der Waals surface area contributed by atoms with E-state index in [1.54, 1.807) is 36.4 Å². The summed E-state index contributed by atoms with van der Waals surface area (Å²) in [5, 5.41) is 11.7. The molecule has 0 spiro atoms. The molecule has 0 saturated heterocycles. The van der Waals surface area contributed by atoms with Crippen LogP contribution in [0, 0.1) is 0 Å². The van der Waals surface area contributed by atoms with E-state index in [4.69, 9.17) is 5.11 Å². The van der Waals surface area contributed by atoms with E-state index in [1.807, 2.05) is 0 Å². The van der Waals surface area contributed by atoms with Crippen molar-refractivity contribution in [3.63, 3.8) is 0 Å². The number of rotatable bonds is 6. The number of carbonyl (C=O) groups excluding carboxylic acids is 1. The molecule has 0 fully saturated rings. The van der Waals surface area contributed by atoms with Crippen molar-refractivity contribution in [2.24, 2.45) is 0 Å². The Balaban J connectivity index is 2.34. The van der Waals surface area contributed by atoms with E-state index in [0.717, 1.165) is 6.26 Å². The Morgan fingerprint density at radius 3 is 2.21 bits per heavy atom. The first-order valence-electron chi connectivity index (χ1n) is 7.15. The number of hydrogen-bond donors (Lipinski definition) is 2. The van der Waals surface area contributed by atoms with E-state index in [1.165, 1.54) is 18.2 Å². The van der Waals surface area contributed by atoms with Crippen LogP contribution < -0.4 is 5.32 Å². The van der Waals surface area contributed by atoms with Gasteiger partial charge in [-0.05, 0) is 17.7 Å². The number of nitrogens with one attached hydrogen (secondary N) is 1. The quantitative estimate of drug-likeness (QED) is 0.833. The topological polar surface area (TPSA) is 101 Å². The number of amides is 1. The molecule has 0 aliphatic carbocycles. The zero-order valence-corrected chi connectivity index (χ0v) is 13.8.